The molecule has 1 aromatic rings. The van der Waals surface area contributed by atoms with Crippen LogP contribution in [-0.2, 0) is 11.3 Å². The Kier molecular flexibility index (Phi) is 4.48. The maximum Gasteiger partial charge on any atom is 0.223 e. The molecular weight excluding hydrogens is 254 g/mol. The molecule has 1 aliphatic heterocycles. The minimum absolute atomic E-state index is 0.0620. The number of carbonyl (C=O) groups excluding carboxylic acids is 1. The van der Waals surface area contributed by atoms with E-state index in [1.807, 2.05) is 17.9 Å². The molecule has 0 radical (unpaired) electrons. The van der Waals surface area contributed by atoms with E-state index < -0.39 is 0 Å². The highest BCUT2D eigenvalue weighted by Gasteiger charge is 2.25. The quantitative estimate of drug-likeness (QED) is 0.850. The van der Waals surface area contributed by atoms with Crippen LogP contribution >= 0.6 is 0 Å². The predicted molar refractivity (Wildman–Crippen MR) is 77.2 cm³/mol. The third-order valence-corrected chi connectivity index (χ3v) is 3.47. The first-order valence-corrected chi connectivity index (χ1v) is 7.26. The van der Waals surface area contributed by atoms with Gasteiger partial charge in [0.25, 0.3) is 0 Å². The van der Waals surface area contributed by atoms with Gasteiger partial charge in [0.2, 0.25) is 5.91 Å². The Morgan fingerprint density at radius 2 is 1.95 bits per heavy atom. The average Bonchev–Trinajstić information content (AvgIpc) is 2.73. The standard InChI is InChI=1S/C15H25N3O2/c1-12-9-13(16-20-12)11-17-5-7-18(8-6-17)14(19)10-15(2,3)4/h9H,5-8,10-11H2,1-4H3. The van der Waals surface area contributed by atoms with Gasteiger partial charge in [-0.1, -0.05) is 25.9 Å². The van der Waals surface area contributed by atoms with Crippen LogP contribution in [0.3, 0.4) is 0 Å². The van der Waals surface area contributed by atoms with Crippen LogP contribution in [0.5, 0.6) is 0 Å². The van der Waals surface area contributed by atoms with Crippen molar-refractivity contribution in [3.8, 4) is 0 Å². The van der Waals surface area contributed by atoms with Crippen molar-refractivity contribution in [3.05, 3.63) is 17.5 Å². The van der Waals surface area contributed by atoms with Crippen LogP contribution in [0, 0.1) is 12.3 Å². The SMILES string of the molecule is Cc1cc(CN2CCN(C(=O)CC(C)(C)C)CC2)no1. The molecule has 20 heavy (non-hydrogen) atoms. The van der Waals surface area contributed by atoms with E-state index in [4.69, 9.17) is 4.52 Å². The Bertz CT molecular complexity index is 454. The van der Waals surface area contributed by atoms with E-state index in [1.54, 1.807) is 0 Å². The summed E-state index contributed by atoms with van der Waals surface area (Å²) in [7, 11) is 0. The van der Waals surface area contributed by atoms with Crippen LogP contribution in [0.1, 0.15) is 38.6 Å². The summed E-state index contributed by atoms with van der Waals surface area (Å²) >= 11 is 0. The van der Waals surface area contributed by atoms with Crippen molar-refractivity contribution < 1.29 is 9.32 Å². The molecule has 112 valence electrons. The molecule has 1 aromatic heterocycles. The van der Waals surface area contributed by atoms with Gasteiger partial charge in [0, 0.05) is 45.2 Å². The summed E-state index contributed by atoms with van der Waals surface area (Å²) in [6, 6.07) is 1.97. The smallest absolute Gasteiger partial charge is 0.223 e. The van der Waals surface area contributed by atoms with E-state index >= 15 is 0 Å². The fraction of sp³-hybridized carbons (Fsp3) is 0.733. The molecule has 0 bridgehead atoms. The van der Waals surface area contributed by atoms with Crippen LogP contribution in [0.4, 0.5) is 0 Å². The normalized spacial score (nSPS) is 17.5. The summed E-state index contributed by atoms with van der Waals surface area (Å²) in [5.74, 6) is 1.12. The lowest BCUT2D eigenvalue weighted by Gasteiger charge is -2.35. The molecule has 2 heterocycles. The van der Waals surface area contributed by atoms with Crippen molar-refractivity contribution in [1.82, 2.24) is 15.0 Å². The topological polar surface area (TPSA) is 49.6 Å². The fourth-order valence-electron chi connectivity index (χ4n) is 2.44. The number of carbonyl (C=O) groups is 1. The van der Waals surface area contributed by atoms with Gasteiger partial charge in [0.1, 0.15) is 5.76 Å². The Hall–Kier alpha value is -1.36. The molecule has 1 aliphatic rings. The van der Waals surface area contributed by atoms with Crippen LogP contribution in [-0.4, -0.2) is 47.0 Å². The van der Waals surface area contributed by atoms with E-state index in [1.165, 1.54) is 0 Å². The number of amides is 1. The first-order chi connectivity index (χ1) is 9.33. The molecule has 0 unspecified atom stereocenters. The average molecular weight is 279 g/mol. The molecule has 0 N–H and O–H groups in total. The second kappa shape index (κ2) is 5.95. The van der Waals surface area contributed by atoms with Crippen LogP contribution in [0.15, 0.2) is 10.6 Å². The van der Waals surface area contributed by atoms with Crippen molar-refractivity contribution in [2.24, 2.45) is 5.41 Å². The maximum atomic E-state index is 12.2. The highest BCUT2D eigenvalue weighted by Crippen LogP contribution is 2.20. The van der Waals surface area contributed by atoms with Crippen LogP contribution < -0.4 is 0 Å². The fourth-order valence-corrected chi connectivity index (χ4v) is 2.44. The van der Waals surface area contributed by atoms with Gasteiger partial charge in [0.05, 0.1) is 5.69 Å². The molecule has 1 fully saturated rings. The summed E-state index contributed by atoms with van der Waals surface area (Å²) in [6.07, 6.45) is 0.621. The van der Waals surface area contributed by atoms with E-state index in [0.29, 0.717) is 6.42 Å². The van der Waals surface area contributed by atoms with Gasteiger partial charge in [-0.2, -0.15) is 0 Å². The number of piperazine rings is 1. The maximum absolute atomic E-state index is 12.2. The minimum atomic E-state index is 0.0620. The summed E-state index contributed by atoms with van der Waals surface area (Å²) in [5.41, 5.74) is 1.03. The lowest BCUT2D eigenvalue weighted by atomic mass is 9.91. The number of rotatable bonds is 3. The van der Waals surface area contributed by atoms with Crippen molar-refractivity contribution in [2.75, 3.05) is 26.2 Å². The lowest BCUT2D eigenvalue weighted by molar-refractivity contribution is -0.134. The van der Waals surface area contributed by atoms with Gasteiger partial charge in [-0.25, -0.2) is 0 Å². The van der Waals surface area contributed by atoms with Crippen molar-refractivity contribution in [2.45, 2.75) is 40.7 Å². The second-order valence-corrected chi connectivity index (χ2v) is 6.82. The molecule has 0 atom stereocenters. The van der Waals surface area contributed by atoms with Crippen molar-refractivity contribution >= 4 is 5.91 Å². The van der Waals surface area contributed by atoms with Gasteiger partial charge in [0.15, 0.2) is 0 Å². The molecule has 1 amide bonds. The van der Waals surface area contributed by atoms with Crippen molar-refractivity contribution in [1.29, 1.82) is 0 Å². The molecular formula is C15H25N3O2. The van der Waals surface area contributed by atoms with Crippen LogP contribution in [0.2, 0.25) is 0 Å². The molecule has 2 rings (SSSR count). The van der Waals surface area contributed by atoms with Gasteiger partial charge in [-0.3, -0.25) is 9.69 Å². The molecule has 1 saturated heterocycles. The summed E-state index contributed by atoms with van der Waals surface area (Å²) in [4.78, 5) is 16.5. The van der Waals surface area contributed by atoms with E-state index in [2.05, 4.69) is 30.8 Å². The molecule has 0 aromatic carbocycles. The highest BCUT2D eigenvalue weighted by molar-refractivity contribution is 5.76. The van der Waals surface area contributed by atoms with Crippen molar-refractivity contribution in [3.63, 3.8) is 0 Å². The van der Waals surface area contributed by atoms with Crippen LogP contribution in [0.25, 0.3) is 0 Å². The Labute approximate surface area is 120 Å². The number of aryl methyl sites for hydroxylation is 1. The summed E-state index contributed by atoms with van der Waals surface area (Å²) < 4.78 is 5.08. The monoisotopic (exact) mass is 279 g/mol. The molecule has 5 heteroatoms. The predicted octanol–water partition coefficient (Wildman–Crippen LogP) is 2.06. The van der Waals surface area contributed by atoms with E-state index in [0.717, 1.165) is 44.2 Å². The molecule has 0 saturated carbocycles. The first-order valence-electron chi connectivity index (χ1n) is 7.26. The van der Waals surface area contributed by atoms with Gasteiger partial charge in [-0.15, -0.1) is 0 Å². The van der Waals surface area contributed by atoms with Gasteiger partial charge in [-0.05, 0) is 12.3 Å². The number of hydrogen-bond acceptors (Lipinski definition) is 4. The zero-order chi connectivity index (χ0) is 14.8. The summed E-state index contributed by atoms with van der Waals surface area (Å²) in [5, 5.41) is 4.02. The summed E-state index contributed by atoms with van der Waals surface area (Å²) in [6.45, 7) is 12.5. The number of nitrogens with zero attached hydrogens (tertiary/aromatic N) is 3. The van der Waals surface area contributed by atoms with Gasteiger partial charge >= 0.3 is 0 Å². The molecule has 0 aliphatic carbocycles. The van der Waals surface area contributed by atoms with E-state index in [-0.39, 0.29) is 11.3 Å². The zero-order valence-electron chi connectivity index (χ0n) is 13.0. The van der Waals surface area contributed by atoms with E-state index in [9.17, 15) is 4.79 Å². The van der Waals surface area contributed by atoms with Gasteiger partial charge < -0.3 is 9.42 Å². The number of aromatic nitrogens is 1. The second-order valence-electron chi connectivity index (χ2n) is 6.82. The third-order valence-electron chi connectivity index (χ3n) is 3.47. The Morgan fingerprint density at radius 3 is 2.45 bits per heavy atom. The Balaban J connectivity index is 1.79. The molecule has 5 nitrogen and oxygen atoms in total. The third kappa shape index (κ3) is 4.34. The Morgan fingerprint density at radius 1 is 1.30 bits per heavy atom. The molecule has 0 spiro atoms. The first kappa shape index (κ1) is 15.0. The highest BCUT2D eigenvalue weighted by atomic mass is 16.5. The minimum Gasteiger partial charge on any atom is -0.361 e. The number of hydrogen-bond donors (Lipinski definition) is 0. The lowest BCUT2D eigenvalue weighted by Crippen LogP contribution is -2.48. The largest absolute Gasteiger partial charge is 0.361 e. The zero-order valence-corrected chi connectivity index (χ0v) is 13.0.